The van der Waals surface area contributed by atoms with Gasteiger partial charge in [-0.25, -0.2) is 4.79 Å². The number of allylic oxidation sites excluding steroid dienone is 2. The Labute approximate surface area is 256 Å². The summed E-state index contributed by atoms with van der Waals surface area (Å²) in [5.74, 6) is -2.00. The van der Waals surface area contributed by atoms with E-state index in [0.29, 0.717) is 12.2 Å². The third-order valence-corrected chi connectivity index (χ3v) is 8.92. The van der Waals surface area contributed by atoms with Crippen molar-refractivity contribution in [3.8, 4) is 5.75 Å². The van der Waals surface area contributed by atoms with E-state index in [1.165, 1.54) is 26.2 Å². The van der Waals surface area contributed by atoms with Crippen molar-refractivity contribution in [2.45, 2.75) is 62.4 Å². The minimum Gasteiger partial charge on any atom is -0.463 e. The number of benzene rings is 1. The van der Waals surface area contributed by atoms with Crippen molar-refractivity contribution in [3.05, 3.63) is 46.8 Å². The van der Waals surface area contributed by atoms with E-state index in [1.807, 2.05) is 0 Å². The van der Waals surface area contributed by atoms with Crippen molar-refractivity contribution in [2.75, 3.05) is 32.2 Å². The Morgan fingerprint density at radius 1 is 1.09 bits per heavy atom. The van der Waals surface area contributed by atoms with Crippen molar-refractivity contribution in [1.82, 2.24) is 10.2 Å². The zero-order chi connectivity index (χ0) is 32.4. The lowest BCUT2D eigenvalue weighted by molar-refractivity contribution is -0.278. The third kappa shape index (κ3) is 5.03. The van der Waals surface area contributed by atoms with Crippen LogP contribution in [0, 0.1) is 5.92 Å². The summed E-state index contributed by atoms with van der Waals surface area (Å²) in [6.45, 7) is 2.55. The molecule has 0 radical (unpaired) electrons. The number of carbonyl (C=O) groups is 4. The molecule has 16 heteroatoms. The molecule has 0 aromatic heterocycles. The van der Waals surface area contributed by atoms with Gasteiger partial charge in [0.15, 0.2) is 5.72 Å². The van der Waals surface area contributed by atoms with E-state index < -0.39 is 60.2 Å². The predicted octanol–water partition coefficient (Wildman–Crippen LogP) is -1.75. The molecular weight excluding hydrogens is 596 g/mol. The first-order chi connectivity index (χ1) is 21.4. The number of ether oxygens (including phenoxy) is 5. The summed E-state index contributed by atoms with van der Waals surface area (Å²) in [5, 5.41) is 37.2. The maximum absolute atomic E-state index is 14.0. The number of primary amides is 1. The van der Waals surface area contributed by atoms with Crippen molar-refractivity contribution in [2.24, 2.45) is 11.7 Å². The molecule has 4 aliphatic heterocycles. The van der Waals surface area contributed by atoms with Crippen LogP contribution < -0.4 is 21.1 Å². The van der Waals surface area contributed by atoms with Crippen LogP contribution in [0.15, 0.2) is 46.8 Å². The van der Waals surface area contributed by atoms with Crippen LogP contribution in [0.4, 0.5) is 10.5 Å². The number of fused-ring (bicyclic) bond motifs is 4. The fraction of sp³-hybridized carbons (Fsp3) is 0.517. The molecule has 0 spiro atoms. The molecule has 0 unspecified atom stereocenters. The van der Waals surface area contributed by atoms with Crippen LogP contribution in [0.3, 0.4) is 0 Å². The van der Waals surface area contributed by atoms with Crippen molar-refractivity contribution < 1.29 is 58.2 Å². The summed E-state index contributed by atoms with van der Waals surface area (Å²) in [7, 11) is 1.49. The molecular formula is C29H34N4O12. The zero-order valence-corrected chi connectivity index (χ0v) is 24.6. The van der Waals surface area contributed by atoms with Gasteiger partial charge >= 0.3 is 12.1 Å². The average molecular weight is 631 g/mol. The molecule has 9 atom stereocenters. The summed E-state index contributed by atoms with van der Waals surface area (Å²) in [6.07, 6.45) is -8.33. The monoisotopic (exact) mass is 630 g/mol. The fourth-order valence-corrected chi connectivity index (χ4v) is 6.69. The number of rotatable bonds is 9. The quantitative estimate of drug-likeness (QED) is 0.101. The normalized spacial score (nSPS) is 35.1. The van der Waals surface area contributed by atoms with E-state index in [1.54, 1.807) is 24.0 Å². The van der Waals surface area contributed by atoms with Gasteiger partial charge in [0.2, 0.25) is 17.9 Å². The van der Waals surface area contributed by atoms with Gasteiger partial charge in [-0.1, -0.05) is 0 Å². The largest absolute Gasteiger partial charge is 0.463 e. The number of nitrogens with one attached hydrogen (secondary N) is 2. The second-order valence-electron chi connectivity index (χ2n) is 11.5. The Morgan fingerprint density at radius 2 is 1.80 bits per heavy atom. The van der Waals surface area contributed by atoms with E-state index in [9.17, 15) is 34.5 Å². The van der Waals surface area contributed by atoms with E-state index in [-0.39, 0.29) is 59.4 Å². The van der Waals surface area contributed by atoms with Crippen LogP contribution in [0.1, 0.15) is 13.8 Å². The summed E-state index contributed by atoms with van der Waals surface area (Å²) in [5.41, 5.74) is 5.21. The van der Waals surface area contributed by atoms with Crippen LogP contribution in [0.5, 0.6) is 5.75 Å². The van der Waals surface area contributed by atoms with Crippen LogP contribution in [0.25, 0.3) is 0 Å². The number of amides is 1. The van der Waals surface area contributed by atoms with Crippen LogP contribution in [-0.2, 0) is 33.3 Å². The maximum Gasteiger partial charge on any atom is 0.404 e. The Kier molecular flexibility index (Phi) is 7.83. The molecule has 5 aliphatic rings. The summed E-state index contributed by atoms with van der Waals surface area (Å²) in [6, 6.07) is 6.01. The molecule has 242 valence electrons. The highest BCUT2D eigenvalue weighted by atomic mass is 16.7. The van der Waals surface area contributed by atoms with Gasteiger partial charge in [-0.2, -0.15) is 0 Å². The van der Waals surface area contributed by atoms with Crippen LogP contribution in [0.2, 0.25) is 0 Å². The highest BCUT2D eigenvalue weighted by Gasteiger charge is 2.72. The summed E-state index contributed by atoms with van der Waals surface area (Å²) in [4.78, 5) is 52.3. The van der Waals surface area contributed by atoms with Gasteiger partial charge in [0.25, 0.3) is 0 Å². The second kappa shape index (κ2) is 11.4. The lowest BCUT2D eigenvalue weighted by atomic mass is 9.82. The number of nitrogens with zero attached hydrogens (tertiary/aromatic N) is 1. The van der Waals surface area contributed by atoms with E-state index in [0.717, 1.165) is 0 Å². The highest BCUT2D eigenvalue weighted by molar-refractivity contribution is 6.26. The first-order valence-corrected chi connectivity index (χ1v) is 14.3. The number of hydrogen-bond acceptors (Lipinski definition) is 15. The molecule has 16 nitrogen and oxygen atoms in total. The molecule has 0 bridgehead atoms. The van der Waals surface area contributed by atoms with Gasteiger partial charge in [-0.15, -0.1) is 0 Å². The SMILES string of the molecule is CO[C@@]12[C@H](COC(N)=O)C3=C(C(=O)C(C)=C(Nc4ccc(O[C@@H]5O[C@H](COC(C)=O)[C@@H](O)[C@H](O)[C@H]5O)cc4)C3=O)N1C[C@@H]1N[C@@H]12. The number of piperazine rings is 1. The molecule has 1 amide bonds. The van der Waals surface area contributed by atoms with E-state index in [4.69, 9.17) is 29.4 Å². The second-order valence-corrected chi connectivity index (χ2v) is 11.5. The topological polar surface area (TPSA) is 238 Å². The first kappa shape index (κ1) is 30.9. The molecule has 4 heterocycles. The number of Topliss-reactive ketones (excluding diaryl/α,β-unsaturated/α-hetero) is 2. The highest BCUT2D eigenvalue weighted by Crippen LogP contribution is 2.55. The fourth-order valence-electron chi connectivity index (χ4n) is 6.69. The number of ketones is 2. The van der Waals surface area contributed by atoms with Crippen LogP contribution >= 0.6 is 0 Å². The molecule has 45 heavy (non-hydrogen) atoms. The van der Waals surface area contributed by atoms with Gasteiger partial charge < -0.3 is 60.3 Å². The molecule has 3 saturated heterocycles. The zero-order valence-electron chi connectivity index (χ0n) is 24.6. The van der Waals surface area contributed by atoms with Gasteiger partial charge in [0, 0.05) is 43.5 Å². The van der Waals surface area contributed by atoms with E-state index >= 15 is 0 Å². The molecule has 1 aromatic carbocycles. The number of hydrogen-bond donors (Lipinski definition) is 6. The number of aliphatic hydroxyl groups is 3. The maximum atomic E-state index is 14.0. The summed E-state index contributed by atoms with van der Waals surface area (Å²) < 4.78 is 27.2. The molecule has 7 N–H and O–H groups in total. The van der Waals surface area contributed by atoms with Crippen molar-refractivity contribution >= 4 is 29.3 Å². The number of carbonyl (C=O) groups excluding carboxylic acids is 4. The smallest absolute Gasteiger partial charge is 0.404 e. The molecule has 1 aliphatic carbocycles. The standard InChI is InChI=1S/C29H34N4O12/c1-11-19(23(37)18-15(9-43-28(30)40)29(41-3)26-16(32-26)8-33(29)20(18)21(11)35)31-13-4-6-14(7-5-13)44-27-25(39)24(38)22(36)17(45-27)10-42-12(2)34/h4-7,15-17,22,24-27,31-32,36,38-39H,8-10H2,1-3H3,(H2,30,40)/t15-,16+,17-,22-,24+,25-,26+,27-,29-/m1/s1. The molecule has 1 aromatic rings. The average Bonchev–Trinajstić information content (AvgIpc) is 3.62. The first-order valence-electron chi connectivity index (χ1n) is 14.3. The Balaban J connectivity index is 1.19. The van der Waals surface area contributed by atoms with Gasteiger partial charge in [0.05, 0.1) is 23.4 Å². The number of methoxy groups -OCH3 is 1. The number of aliphatic hydroxyl groups excluding tert-OH is 3. The number of esters is 1. The lowest BCUT2D eigenvalue weighted by Crippen LogP contribution is -2.60. The minimum absolute atomic E-state index is 0.0423. The Hall–Kier alpha value is -4.06. The van der Waals surface area contributed by atoms with E-state index in [2.05, 4.69) is 10.6 Å². The minimum atomic E-state index is -1.63. The Morgan fingerprint density at radius 3 is 2.44 bits per heavy atom. The molecule has 3 fully saturated rings. The lowest BCUT2D eigenvalue weighted by Gasteiger charge is -2.39. The van der Waals surface area contributed by atoms with Gasteiger partial charge in [0.1, 0.15) is 43.4 Å². The van der Waals surface area contributed by atoms with Crippen molar-refractivity contribution in [1.29, 1.82) is 0 Å². The molecule has 0 saturated carbocycles. The predicted molar refractivity (Wildman–Crippen MR) is 150 cm³/mol. The Bertz CT molecular complexity index is 1490. The third-order valence-electron chi connectivity index (χ3n) is 8.92. The summed E-state index contributed by atoms with van der Waals surface area (Å²) >= 11 is 0. The number of nitrogens with two attached hydrogens (primary N) is 1. The molecule has 6 rings (SSSR count). The van der Waals surface area contributed by atoms with Gasteiger partial charge in [-0.05, 0) is 31.2 Å². The van der Waals surface area contributed by atoms with Crippen LogP contribution in [-0.4, -0.2) is 119 Å². The number of anilines is 1. The van der Waals surface area contributed by atoms with Gasteiger partial charge in [-0.3, -0.25) is 14.4 Å². The van der Waals surface area contributed by atoms with Crippen molar-refractivity contribution in [3.63, 3.8) is 0 Å².